The van der Waals surface area contributed by atoms with E-state index in [-0.39, 0.29) is 17.5 Å². The van der Waals surface area contributed by atoms with Crippen LogP contribution in [-0.4, -0.2) is 23.8 Å². The molecule has 1 heterocycles. The zero-order valence-electron chi connectivity index (χ0n) is 13.7. The van der Waals surface area contributed by atoms with Crippen molar-refractivity contribution in [2.75, 3.05) is 18.2 Å². The van der Waals surface area contributed by atoms with E-state index in [1.165, 1.54) is 25.4 Å². The van der Waals surface area contributed by atoms with Gasteiger partial charge in [-0.1, -0.05) is 23.4 Å². The van der Waals surface area contributed by atoms with Crippen molar-refractivity contribution in [1.29, 1.82) is 0 Å². The minimum atomic E-state index is -0.321. The van der Waals surface area contributed by atoms with Crippen molar-refractivity contribution in [3.63, 3.8) is 0 Å². The normalized spacial score (nSPS) is 10.6. The lowest BCUT2D eigenvalue weighted by Gasteiger charge is -2.07. The molecule has 0 radical (unpaired) electrons. The first kappa shape index (κ1) is 18.3. The van der Waals surface area contributed by atoms with Crippen LogP contribution in [0.1, 0.15) is 0 Å². The van der Waals surface area contributed by atoms with Gasteiger partial charge in [0.1, 0.15) is 11.6 Å². The van der Waals surface area contributed by atoms with Gasteiger partial charge in [0, 0.05) is 11.3 Å². The van der Waals surface area contributed by atoms with Gasteiger partial charge in [-0.25, -0.2) is 9.37 Å². The van der Waals surface area contributed by atoms with Crippen molar-refractivity contribution in [2.24, 2.45) is 0 Å². The quantitative estimate of drug-likeness (QED) is 0.606. The molecule has 0 saturated heterocycles. The van der Waals surface area contributed by atoms with Crippen LogP contribution < -0.4 is 10.1 Å². The number of benzene rings is 2. The minimum Gasteiger partial charge on any atom is -0.495 e. The fraction of sp³-hybridized carbons (Fsp3) is 0.111. The Labute approximate surface area is 158 Å². The first-order valence-corrected chi connectivity index (χ1v) is 8.89. The van der Waals surface area contributed by atoms with Gasteiger partial charge in [0.15, 0.2) is 5.76 Å². The predicted octanol–water partition coefficient (Wildman–Crippen LogP) is 4.87. The molecule has 0 spiro atoms. The highest BCUT2D eigenvalue weighted by atomic mass is 35.5. The summed E-state index contributed by atoms with van der Waals surface area (Å²) in [6.07, 6.45) is 1.54. The molecule has 8 heteroatoms. The number of nitrogens with zero attached hydrogens (tertiary/aromatic N) is 1. The number of aromatic nitrogens is 1. The lowest BCUT2D eigenvalue weighted by molar-refractivity contribution is -0.113. The summed E-state index contributed by atoms with van der Waals surface area (Å²) < 4.78 is 23.6. The second kappa shape index (κ2) is 8.25. The van der Waals surface area contributed by atoms with Crippen LogP contribution in [0.4, 0.5) is 10.1 Å². The maximum Gasteiger partial charge on any atom is 0.256 e. The second-order valence-corrected chi connectivity index (χ2v) is 6.52. The Hall–Kier alpha value is -2.51. The fourth-order valence-corrected chi connectivity index (χ4v) is 3.00. The summed E-state index contributed by atoms with van der Waals surface area (Å²) in [6, 6.07) is 10.9. The highest BCUT2D eigenvalue weighted by molar-refractivity contribution is 7.99. The Balaban J connectivity index is 1.56. The topological polar surface area (TPSA) is 64.4 Å². The van der Waals surface area contributed by atoms with Gasteiger partial charge in [-0.2, -0.15) is 0 Å². The molecule has 2 aromatic carbocycles. The summed E-state index contributed by atoms with van der Waals surface area (Å²) in [5.74, 6) is 0.616. The summed E-state index contributed by atoms with van der Waals surface area (Å²) in [5.41, 5.74) is 1.28. The smallest absolute Gasteiger partial charge is 0.256 e. The van der Waals surface area contributed by atoms with E-state index >= 15 is 0 Å². The zero-order chi connectivity index (χ0) is 18.5. The molecule has 26 heavy (non-hydrogen) atoms. The van der Waals surface area contributed by atoms with E-state index in [9.17, 15) is 9.18 Å². The number of carbonyl (C=O) groups excluding carboxylic acids is 1. The molecule has 1 aromatic heterocycles. The SMILES string of the molecule is COc1ccc(NC(=O)CSc2ncc(-c3ccc(F)cc3)o2)cc1Cl. The van der Waals surface area contributed by atoms with Crippen molar-refractivity contribution in [3.05, 3.63) is 59.5 Å². The van der Waals surface area contributed by atoms with Crippen LogP contribution >= 0.6 is 23.4 Å². The van der Waals surface area contributed by atoms with E-state index < -0.39 is 0 Å². The summed E-state index contributed by atoms with van der Waals surface area (Å²) >= 11 is 7.18. The van der Waals surface area contributed by atoms with Gasteiger partial charge in [0.2, 0.25) is 5.91 Å². The summed E-state index contributed by atoms with van der Waals surface area (Å²) in [7, 11) is 1.52. The summed E-state index contributed by atoms with van der Waals surface area (Å²) in [4.78, 5) is 16.2. The molecule has 5 nitrogen and oxygen atoms in total. The predicted molar refractivity (Wildman–Crippen MR) is 99.3 cm³/mol. The highest BCUT2D eigenvalue weighted by Gasteiger charge is 2.11. The van der Waals surface area contributed by atoms with Crippen LogP contribution in [0.2, 0.25) is 5.02 Å². The third-order valence-electron chi connectivity index (χ3n) is 3.38. The third kappa shape index (κ3) is 4.56. The van der Waals surface area contributed by atoms with Crippen LogP contribution in [0, 0.1) is 5.82 Å². The van der Waals surface area contributed by atoms with Gasteiger partial charge in [-0.15, -0.1) is 0 Å². The number of thioether (sulfide) groups is 1. The number of carbonyl (C=O) groups is 1. The average Bonchev–Trinajstić information content (AvgIpc) is 3.10. The molecule has 3 aromatic rings. The average molecular weight is 393 g/mol. The highest BCUT2D eigenvalue weighted by Crippen LogP contribution is 2.28. The Morgan fingerprint density at radius 2 is 2.08 bits per heavy atom. The maximum absolute atomic E-state index is 13.0. The van der Waals surface area contributed by atoms with Crippen LogP contribution in [0.5, 0.6) is 5.75 Å². The minimum absolute atomic E-state index is 0.118. The van der Waals surface area contributed by atoms with Crippen LogP contribution in [0.3, 0.4) is 0 Å². The summed E-state index contributed by atoms with van der Waals surface area (Å²) in [6.45, 7) is 0. The number of halogens is 2. The molecule has 3 rings (SSSR count). The molecule has 0 bridgehead atoms. The monoisotopic (exact) mass is 392 g/mol. The number of ether oxygens (including phenoxy) is 1. The van der Waals surface area contributed by atoms with E-state index in [1.807, 2.05) is 0 Å². The molecular weight excluding hydrogens is 379 g/mol. The van der Waals surface area contributed by atoms with Crippen molar-refractivity contribution < 1.29 is 18.3 Å². The second-order valence-electron chi connectivity index (χ2n) is 5.18. The van der Waals surface area contributed by atoms with Crippen molar-refractivity contribution in [3.8, 4) is 17.1 Å². The molecule has 0 aliphatic carbocycles. The summed E-state index contributed by atoms with van der Waals surface area (Å²) in [5, 5.41) is 3.50. The fourth-order valence-electron chi connectivity index (χ4n) is 2.14. The lowest BCUT2D eigenvalue weighted by Crippen LogP contribution is -2.13. The maximum atomic E-state index is 13.0. The van der Waals surface area contributed by atoms with Gasteiger partial charge in [-0.05, 0) is 42.5 Å². The largest absolute Gasteiger partial charge is 0.495 e. The Morgan fingerprint density at radius 3 is 2.77 bits per heavy atom. The first-order chi connectivity index (χ1) is 12.5. The molecule has 1 N–H and O–H groups in total. The Kier molecular flexibility index (Phi) is 5.80. The molecule has 134 valence electrons. The van der Waals surface area contributed by atoms with E-state index in [0.717, 1.165) is 11.8 Å². The van der Waals surface area contributed by atoms with E-state index in [1.54, 1.807) is 30.3 Å². The molecule has 0 unspecified atom stereocenters. The standard InChI is InChI=1S/C18H14ClFN2O3S/c1-24-15-7-6-13(8-14(15)19)22-17(23)10-26-18-21-9-16(25-18)11-2-4-12(20)5-3-11/h2-9H,10H2,1H3,(H,22,23). The number of methoxy groups -OCH3 is 1. The molecule has 0 saturated carbocycles. The molecule has 0 atom stereocenters. The lowest BCUT2D eigenvalue weighted by atomic mass is 10.2. The van der Waals surface area contributed by atoms with Gasteiger partial charge in [0.05, 0.1) is 24.1 Å². The molecule has 0 aliphatic heterocycles. The third-order valence-corrected chi connectivity index (χ3v) is 4.51. The first-order valence-electron chi connectivity index (χ1n) is 7.53. The number of anilines is 1. The van der Waals surface area contributed by atoms with Crippen LogP contribution in [0.15, 0.2) is 58.3 Å². The number of amides is 1. The number of oxazole rings is 1. The van der Waals surface area contributed by atoms with Crippen LogP contribution in [0.25, 0.3) is 11.3 Å². The molecule has 0 fully saturated rings. The van der Waals surface area contributed by atoms with Crippen molar-refractivity contribution >= 4 is 35.0 Å². The van der Waals surface area contributed by atoms with E-state index in [4.69, 9.17) is 20.8 Å². The van der Waals surface area contributed by atoms with Gasteiger partial charge in [-0.3, -0.25) is 4.79 Å². The van der Waals surface area contributed by atoms with Gasteiger partial charge >= 0.3 is 0 Å². The number of rotatable bonds is 6. The molecule has 1 amide bonds. The Bertz CT molecular complexity index is 915. The zero-order valence-corrected chi connectivity index (χ0v) is 15.2. The van der Waals surface area contributed by atoms with Crippen molar-refractivity contribution in [1.82, 2.24) is 4.98 Å². The number of nitrogens with one attached hydrogen (secondary N) is 1. The number of hydrogen-bond acceptors (Lipinski definition) is 5. The molecule has 0 aliphatic rings. The number of hydrogen-bond donors (Lipinski definition) is 1. The van der Waals surface area contributed by atoms with Crippen molar-refractivity contribution in [2.45, 2.75) is 5.22 Å². The van der Waals surface area contributed by atoms with E-state index in [0.29, 0.717) is 33.0 Å². The van der Waals surface area contributed by atoms with Crippen LogP contribution in [-0.2, 0) is 4.79 Å². The van der Waals surface area contributed by atoms with E-state index in [2.05, 4.69) is 10.3 Å². The molecular formula is C18H14ClFN2O3S. The van der Waals surface area contributed by atoms with Gasteiger partial charge < -0.3 is 14.5 Å². The van der Waals surface area contributed by atoms with Gasteiger partial charge in [0.25, 0.3) is 5.22 Å². The Morgan fingerprint density at radius 1 is 1.31 bits per heavy atom.